The molecule has 0 spiro atoms. The molecule has 2 aromatic rings. The van der Waals surface area contributed by atoms with Crippen molar-refractivity contribution in [1.82, 2.24) is 19.5 Å². The van der Waals surface area contributed by atoms with Crippen molar-refractivity contribution in [3.8, 4) is 0 Å². The molecule has 0 N–H and O–H groups in total. The topological polar surface area (TPSA) is 52.8 Å². The minimum Gasteiger partial charge on any atom is -0.358 e. The molecule has 16 heavy (non-hydrogen) atoms. The van der Waals surface area contributed by atoms with Crippen molar-refractivity contribution in [2.75, 3.05) is 6.61 Å². The van der Waals surface area contributed by atoms with E-state index < -0.39 is 0 Å². The van der Waals surface area contributed by atoms with Crippen molar-refractivity contribution >= 4 is 27.1 Å². The first-order chi connectivity index (χ1) is 7.86. The normalized spacial score (nSPS) is 21.4. The molecule has 5 nitrogen and oxygen atoms in total. The summed E-state index contributed by atoms with van der Waals surface area (Å²) in [4.78, 5) is 12.6. The molecule has 1 atom stereocenters. The van der Waals surface area contributed by atoms with Crippen molar-refractivity contribution in [2.45, 2.75) is 25.5 Å². The molecule has 0 bridgehead atoms. The van der Waals surface area contributed by atoms with Crippen LogP contribution < -0.4 is 0 Å². The van der Waals surface area contributed by atoms with Crippen LogP contribution in [0.2, 0.25) is 0 Å². The predicted molar refractivity (Wildman–Crippen MR) is 61.9 cm³/mol. The molecular weight excluding hydrogens is 272 g/mol. The Bertz CT molecular complexity index is 506. The van der Waals surface area contributed by atoms with E-state index in [1.807, 2.05) is 4.57 Å². The van der Waals surface area contributed by atoms with Gasteiger partial charge in [-0.3, -0.25) is 4.57 Å². The highest BCUT2D eigenvalue weighted by Gasteiger charge is 2.19. The van der Waals surface area contributed by atoms with E-state index in [4.69, 9.17) is 4.74 Å². The van der Waals surface area contributed by atoms with E-state index in [-0.39, 0.29) is 6.23 Å². The number of nitrogens with zero attached hydrogens (tertiary/aromatic N) is 4. The molecule has 6 heteroatoms. The largest absolute Gasteiger partial charge is 0.358 e. The van der Waals surface area contributed by atoms with Gasteiger partial charge in [-0.05, 0) is 35.2 Å². The number of imidazole rings is 1. The molecule has 1 saturated heterocycles. The zero-order valence-corrected chi connectivity index (χ0v) is 10.2. The molecule has 1 aliphatic rings. The Kier molecular flexibility index (Phi) is 2.61. The Balaban J connectivity index is 2.06. The molecule has 3 heterocycles. The maximum Gasteiger partial charge on any atom is 0.166 e. The third kappa shape index (κ3) is 1.62. The van der Waals surface area contributed by atoms with Crippen LogP contribution in [0.25, 0.3) is 11.2 Å². The van der Waals surface area contributed by atoms with Crippen LogP contribution in [0.1, 0.15) is 25.5 Å². The minimum absolute atomic E-state index is 0.0700. The summed E-state index contributed by atoms with van der Waals surface area (Å²) in [5, 5.41) is 0. The predicted octanol–water partition coefficient (Wildman–Crippen LogP) is 2.29. The van der Waals surface area contributed by atoms with E-state index in [0.29, 0.717) is 0 Å². The first kappa shape index (κ1) is 10.2. The highest BCUT2D eigenvalue weighted by molar-refractivity contribution is 9.10. The lowest BCUT2D eigenvalue weighted by atomic mass is 10.2. The standard InChI is InChI=1S/C10H11BrN4O/c11-9-8-10(13-5-12-9)15(6-14-8)7-3-1-2-4-16-7/h5-7H,1-4H2/t7-/m0/s1. The molecule has 0 aromatic carbocycles. The second kappa shape index (κ2) is 4.10. The smallest absolute Gasteiger partial charge is 0.166 e. The maximum atomic E-state index is 5.72. The maximum absolute atomic E-state index is 5.72. The third-order valence-corrected chi connectivity index (χ3v) is 3.36. The van der Waals surface area contributed by atoms with Gasteiger partial charge in [0.2, 0.25) is 0 Å². The van der Waals surface area contributed by atoms with E-state index in [0.717, 1.165) is 35.2 Å². The Hall–Kier alpha value is -1.01. The average molecular weight is 283 g/mol. The SMILES string of the molecule is Brc1ncnc2c1ncn2[C@@H]1CCCCO1. The summed E-state index contributed by atoms with van der Waals surface area (Å²) in [7, 11) is 0. The van der Waals surface area contributed by atoms with Crippen molar-refractivity contribution in [2.24, 2.45) is 0 Å². The van der Waals surface area contributed by atoms with Crippen LogP contribution in [0.4, 0.5) is 0 Å². The van der Waals surface area contributed by atoms with E-state index in [1.54, 1.807) is 6.33 Å². The molecule has 3 rings (SSSR count). The Morgan fingerprint density at radius 3 is 3.06 bits per heavy atom. The van der Waals surface area contributed by atoms with Crippen molar-refractivity contribution in [3.05, 3.63) is 17.3 Å². The summed E-state index contributed by atoms with van der Waals surface area (Å²) < 4.78 is 8.43. The number of hydrogen-bond donors (Lipinski definition) is 0. The number of halogens is 1. The zero-order valence-electron chi connectivity index (χ0n) is 8.64. The Morgan fingerprint density at radius 2 is 2.25 bits per heavy atom. The first-order valence-electron chi connectivity index (χ1n) is 5.31. The number of ether oxygens (including phenoxy) is 1. The Morgan fingerprint density at radius 1 is 1.31 bits per heavy atom. The summed E-state index contributed by atoms with van der Waals surface area (Å²) in [6, 6.07) is 0. The summed E-state index contributed by atoms with van der Waals surface area (Å²) in [5.41, 5.74) is 1.62. The van der Waals surface area contributed by atoms with Gasteiger partial charge in [0, 0.05) is 6.61 Å². The fourth-order valence-corrected chi connectivity index (χ4v) is 2.35. The summed E-state index contributed by atoms with van der Waals surface area (Å²) in [5.74, 6) is 0. The zero-order chi connectivity index (χ0) is 11.0. The molecule has 84 valence electrons. The van der Waals surface area contributed by atoms with Crippen LogP contribution in [-0.2, 0) is 4.74 Å². The van der Waals surface area contributed by atoms with Crippen molar-refractivity contribution in [3.63, 3.8) is 0 Å². The number of hydrogen-bond acceptors (Lipinski definition) is 4. The quantitative estimate of drug-likeness (QED) is 0.753. The molecular formula is C10H11BrN4O. The van der Waals surface area contributed by atoms with Crippen LogP contribution >= 0.6 is 15.9 Å². The second-order valence-electron chi connectivity index (χ2n) is 3.81. The second-order valence-corrected chi connectivity index (χ2v) is 4.56. The van der Waals surface area contributed by atoms with Gasteiger partial charge in [0.15, 0.2) is 5.65 Å². The Labute approximate surface area is 101 Å². The van der Waals surface area contributed by atoms with Crippen LogP contribution in [-0.4, -0.2) is 26.1 Å². The highest BCUT2D eigenvalue weighted by atomic mass is 79.9. The first-order valence-corrected chi connectivity index (χ1v) is 6.10. The van der Waals surface area contributed by atoms with Gasteiger partial charge < -0.3 is 4.74 Å². The highest BCUT2D eigenvalue weighted by Crippen LogP contribution is 2.26. The van der Waals surface area contributed by atoms with E-state index in [9.17, 15) is 0 Å². The van der Waals surface area contributed by atoms with Gasteiger partial charge in [0.25, 0.3) is 0 Å². The van der Waals surface area contributed by atoms with Crippen LogP contribution in [0.5, 0.6) is 0 Å². The van der Waals surface area contributed by atoms with Gasteiger partial charge in [0.1, 0.15) is 22.7 Å². The molecule has 0 aliphatic carbocycles. The van der Waals surface area contributed by atoms with Gasteiger partial charge >= 0.3 is 0 Å². The lowest BCUT2D eigenvalue weighted by molar-refractivity contribution is -0.0298. The van der Waals surface area contributed by atoms with Gasteiger partial charge in [-0.1, -0.05) is 0 Å². The fraction of sp³-hybridized carbons (Fsp3) is 0.500. The van der Waals surface area contributed by atoms with Gasteiger partial charge in [-0.2, -0.15) is 0 Å². The van der Waals surface area contributed by atoms with E-state index >= 15 is 0 Å². The summed E-state index contributed by atoms with van der Waals surface area (Å²) >= 11 is 3.37. The molecule has 0 radical (unpaired) electrons. The fourth-order valence-electron chi connectivity index (χ4n) is 1.98. The van der Waals surface area contributed by atoms with Crippen LogP contribution in [0.3, 0.4) is 0 Å². The molecule has 1 fully saturated rings. The van der Waals surface area contributed by atoms with Crippen LogP contribution in [0.15, 0.2) is 17.3 Å². The van der Waals surface area contributed by atoms with E-state index in [2.05, 4.69) is 30.9 Å². The van der Waals surface area contributed by atoms with Crippen molar-refractivity contribution in [1.29, 1.82) is 0 Å². The number of fused-ring (bicyclic) bond motifs is 1. The molecule has 1 aliphatic heterocycles. The lowest BCUT2D eigenvalue weighted by Crippen LogP contribution is -2.17. The van der Waals surface area contributed by atoms with Gasteiger partial charge in [0.05, 0.1) is 6.33 Å². The van der Waals surface area contributed by atoms with Gasteiger partial charge in [-0.25, -0.2) is 15.0 Å². The average Bonchev–Trinajstić information content (AvgIpc) is 2.75. The van der Waals surface area contributed by atoms with E-state index in [1.165, 1.54) is 12.7 Å². The van der Waals surface area contributed by atoms with Gasteiger partial charge in [-0.15, -0.1) is 0 Å². The number of rotatable bonds is 1. The molecule has 0 unspecified atom stereocenters. The molecule has 0 saturated carbocycles. The summed E-state index contributed by atoms with van der Waals surface area (Å²) in [6.45, 7) is 0.816. The monoisotopic (exact) mass is 282 g/mol. The van der Waals surface area contributed by atoms with Crippen molar-refractivity contribution < 1.29 is 4.74 Å². The molecule has 2 aromatic heterocycles. The van der Waals surface area contributed by atoms with Crippen LogP contribution in [0, 0.1) is 0 Å². The lowest BCUT2D eigenvalue weighted by Gasteiger charge is -2.23. The third-order valence-electron chi connectivity index (χ3n) is 2.78. The molecule has 0 amide bonds. The number of aromatic nitrogens is 4. The summed E-state index contributed by atoms with van der Waals surface area (Å²) in [6.07, 6.45) is 6.74. The minimum atomic E-state index is 0.0700.